The van der Waals surface area contributed by atoms with Crippen molar-refractivity contribution in [3.8, 4) is 0 Å². The van der Waals surface area contributed by atoms with E-state index in [9.17, 15) is 9.59 Å². The van der Waals surface area contributed by atoms with Crippen molar-refractivity contribution in [1.29, 1.82) is 0 Å². The molecular weight excluding hydrogens is 306 g/mol. The van der Waals surface area contributed by atoms with Gasteiger partial charge in [-0.2, -0.15) is 0 Å². The number of primary amides is 1. The first kappa shape index (κ1) is 18.4. The lowest BCUT2D eigenvalue weighted by Gasteiger charge is -2.35. The maximum Gasteiger partial charge on any atom is 0.240 e. The summed E-state index contributed by atoms with van der Waals surface area (Å²) in [6.45, 7) is 0.650. The van der Waals surface area contributed by atoms with Crippen molar-refractivity contribution in [2.24, 2.45) is 11.5 Å². The number of hydrogen-bond donors (Lipinski definition) is 2. The molecular formula is C15H22ClN3O3. The number of rotatable bonds is 5. The lowest BCUT2D eigenvalue weighted by Crippen LogP contribution is -2.52. The number of amides is 2. The fraction of sp³-hybridized carbons (Fsp3) is 0.467. The smallest absolute Gasteiger partial charge is 0.240 e. The molecule has 2 amide bonds. The molecule has 2 unspecified atom stereocenters. The number of nitrogens with two attached hydrogens (primary N) is 2. The third kappa shape index (κ3) is 3.97. The Morgan fingerprint density at radius 2 is 2.00 bits per heavy atom. The molecule has 0 saturated heterocycles. The largest absolute Gasteiger partial charge is 0.380 e. The molecule has 0 bridgehead atoms. The van der Waals surface area contributed by atoms with Crippen LogP contribution in [0.4, 0.5) is 0 Å². The van der Waals surface area contributed by atoms with E-state index in [0.717, 1.165) is 11.1 Å². The maximum atomic E-state index is 12.4. The van der Waals surface area contributed by atoms with E-state index in [-0.39, 0.29) is 37.4 Å². The third-order valence-electron chi connectivity index (χ3n) is 3.90. The molecule has 0 spiro atoms. The van der Waals surface area contributed by atoms with Crippen LogP contribution in [0.2, 0.25) is 0 Å². The van der Waals surface area contributed by atoms with Crippen LogP contribution >= 0.6 is 12.4 Å². The highest BCUT2D eigenvalue weighted by Crippen LogP contribution is 2.24. The molecule has 2 rings (SSSR count). The lowest BCUT2D eigenvalue weighted by molar-refractivity contribution is -0.142. The standard InChI is InChI=1S/C15H21N3O3.ClH/c1-21-12(8-16)7-14(19)18-9-11-5-3-2-4-10(11)6-13(18)15(17)20;/h2-5,12-13H,6-9,16H2,1H3,(H2,17,20);1H. The molecule has 1 aliphatic heterocycles. The van der Waals surface area contributed by atoms with Gasteiger partial charge in [0.05, 0.1) is 12.5 Å². The van der Waals surface area contributed by atoms with Gasteiger partial charge in [-0.25, -0.2) is 0 Å². The van der Waals surface area contributed by atoms with Crippen LogP contribution in [0.5, 0.6) is 0 Å². The maximum absolute atomic E-state index is 12.4. The molecule has 2 atom stereocenters. The Hall–Kier alpha value is -1.63. The van der Waals surface area contributed by atoms with Crippen LogP contribution in [0, 0.1) is 0 Å². The van der Waals surface area contributed by atoms with Crippen molar-refractivity contribution in [1.82, 2.24) is 4.90 Å². The van der Waals surface area contributed by atoms with Gasteiger partial charge >= 0.3 is 0 Å². The summed E-state index contributed by atoms with van der Waals surface area (Å²) in [5.41, 5.74) is 13.1. The molecule has 1 aromatic rings. The minimum Gasteiger partial charge on any atom is -0.380 e. The summed E-state index contributed by atoms with van der Waals surface area (Å²) in [4.78, 5) is 25.6. The van der Waals surface area contributed by atoms with E-state index in [1.165, 1.54) is 12.0 Å². The van der Waals surface area contributed by atoms with Crippen molar-refractivity contribution < 1.29 is 14.3 Å². The number of nitrogens with zero attached hydrogens (tertiary/aromatic N) is 1. The fourth-order valence-corrected chi connectivity index (χ4v) is 2.61. The molecule has 1 aromatic carbocycles. The highest BCUT2D eigenvalue weighted by atomic mass is 35.5. The first-order valence-corrected chi connectivity index (χ1v) is 6.95. The van der Waals surface area contributed by atoms with Crippen molar-refractivity contribution in [2.75, 3.05) is 13.7 Å². The summed E-state index contributed by atoms with van der Waals surface area (Å²) in [6, 6.07) is 7.16. The minimum absolute atomic E-state index is 0. The van der Waals surface area contributed by atoms with Gasteiger partial charge in [-0.05, 0) is 11.1 Å². The predicted octanol–water partition coefficient (Wildman–Crippen LogP) is 0.211. The molecule has 1 heterocycles. The SMILES string of the molecule is COC(CN)CC(=O)N1Cc2ccccc2CC1C(N)=O.Cl. The van der Waals surface area contributed by atoms with Gasteiger partial charge in [0.1, 0.15) is 6.04 Å². The van der Waals surface area contributed by atoms with Crippen molar-refractivity contribution in [2.45, 2.75) is 31.5 Å². The molecule has 122 valence electrons. The van der Waals surface area contributed by atoms with Crippen LogP contribution in [-0.2, 0) is 27.3 Å². The number of fused-ring (bicyclic) bond motifs is 1. The Morgan fingerprint density at radius 1 is 1.36 bits per heavy atom. The van der Waals surface area contributed by atoms with Gasteiger partial charge < -0.3 is 21.1 Å². The van der Waals surface area contributed by atoms with Gasteiger partial charge in [-0.3, -0.25) is 9.59 Å². The molecule has 7 heteroatoms. The normalized spacial score (nSPS) is 18.1. The zero-order chi connectivity index (χ0) is 15.4. The van der Waals surface area contributed by atoms with Gasteiger partial charge in [-0.15, -0.1) is 12.4 Å². The zero-order valence-electron chi connectivity index (χ0n) is 12.5. The Labute approximate surface area is 136 Å². The van der Waals surface area contributed by atoms with Crippen LogP contribution in [0.25, 0.3) is 0 Å². The van der Waals surface area contributed by atoms with Gasteiger partial charge in [0.2, 0.25) is 11.8 Å². The number of halogens is 1. The zero-order valence-corrected chi connectivity index (χ0v) is 13.3. The summed E-state index contributed by atoms with van der Waals surface area (Å²) in [5, 5.41) is 0. The molecule has 1 aliphatic rings. The number of benzene rings is 1. The van der Waals surface area contributed by atoms with Crippen LogP contribution in [0.15, 0.2) is 24.3 Å². The highest BCUT2D eigenvalue weighted by molar-refractivity contribution is 5.87. The quantitative estimate of drug-likeness (QED) is 0.807. The summed E-state index contributed by atoms with van der Waals surface area (Å²) >= 11 is 0. The summed E-state index contributed by atoms with van der Waals surface area (Å²) in [7, 11) is 1.52. The Morgan fingerprint density at radius 3 is 2.55 bits per heavy atom. The van der Waals surface area contributed by atoms with Crippen molar-refractivity contribution >= 4 is 24.2 Å². The molecule has 0 radical (unpaired) electrons. The Bertz CT molecular complexity index is 535. The second-order valence-corrected chi connectivity index (χ2v) is 5.21. The van der Waals surface area contributed by atoms with E-state index in [1.54, 1.807) is 0 Å². The van der Waals surface area contributed by atoms with Gasteiger partial charge in [0.25, 0.3) is 0 Å². The first-order chi connectivity index (χ1) is 10.1. The molecule has 0 fully saturated rings. The number of ether oxygens (including phenoxy) is 1. The minimum atomic E-state index is -0.609. The number of hydrogen-bond acceptors (Lipinski definition) is 4. The Kier molecular flexibility index (Phi) is 6.80. The molecule has 22 heavy (non-hydrogen) atoms. The van der Waals surface area contributed by atoms with E-state index in [1.807, 2.05) is 24.3 Å². The second kappa shape index (κ2) is 8.12. The summed E-state index contributed by atoms with van der Waals surface area (Å²) in [6.07, 6.45) is 0.263. The van der Waals surface area contributed by atoms with E-state index in [2.05, 4.69) is 0 Å². The van der Waals surface area contributed by atoms with Crippen LogP contribution in [-0.4, -0.2) is 42.5 Å². The fourth-order valence-electron chi connectivity index (χ4n) is 2.61. The van der Waals surface area contributed by atoms with Crippen LogP contribution in [0.1, 0.15) is 17.5 Å². The molecule has 0 aromatic heterocycles. The Balaban J connectivity index is 0.00000242. The van der Waals surface area contributed by atoms with Crippen LogP contribution < -0.4 is 11.5 Å². The average molecular weight is 328 g/mol. The van der Waals surface area contributed by atoms with E-state index in [0.29, 0.717) is 13.0 Å². The van der Waals surface area contributed by atoms with E-state index < -0.39 is 11.9 Å². The molecule has 0 aliphatic carbocycles. The molecule has 4 N–H and O–H groups in total. The summed E-state index contributed by atoms with van der Waals surface area (Å²) in [5.74, 6) is -0.648. The van der Waals surface area contributed by atoms with Gasteiger partial charge in [-0.1, -0.05) is 24.3 Å². The first-order valence-electron chi connectivity index (χ1n) is 6.95. The predicted molar refractivity (Wildman–Crippen MR) is 85.4 cm³/mol. The van der Waals surface area contributed by atoms with E-state index in [4.69, 9.17) is 16.2 Å². The number of methoxy groups -OCH3 is 1. The van der Waals surface area contributed by atoms with Gasteiger partial charge in [0, 0.05) is 26.6 Å². The third-order valence-corrected chi connectivity index (χ3v) is 3.90. The van der Waals surface area contributed by atoms with Crippen LogP contribution in [0.3, 0.4) is 0 Å². The summed E-state index contributed by atoms with van der Waals surface area (Å²) < 4.78 is 5.14. The second-order valence-electron chi connectivity index (χ2n) is 5.21. The number of carbonyl (C=O) groups excluding carboxylic acids is 2. The van der Waals surface area contributed by atoms with Gasteiger partial charge in [0.15, 0.2) is 0 Å². The topological polar surface area (TPSA) is 98.7 Å². The number of carbonyl (C=O) groups is 2. The molecule has 6 nitrogen and oxygen atoms in total. The monoisotopic (exact) mass is 327 g/mol. The highest BCUT2D eigenvalue weighted by Gasteiger charge is 2.33. The lowest BCUT2D eigenvalue weighted by atomic mass is 9.93. The average Bonchev–Trinajstić information content (AvgIpc) is 2.50. The molecule has 0 saturated carbocycles. The van der Waals surface area contributed by atoms with Crippen molar-refractivity contribution in [3.63, 3.8) is 0 Å². The van der Waals surface area contributed by atoms with E-state index >= 15 is 0 Å². The van der Waals surface area contributed by atoms with Crippen molar-refractivity contribution in [3.05, 3.63) is 35.4 Å².